The summed E-state index contributed by atoms with van der Waals surface area (Å²) >= 11 is 0. The van der Waals surface area contributed by atoms with Gasteiger partial charge in [-0.2, -0.15) is 0 Å². The van der Waals surface area contributed by atoms with Gasteiger partial charge in [-0.05, 0) is 68.7 Å². The summed E-state index contributed by atoms with van der Waals surface area (Å²) in [6.07, 6.45) is 6.29. The molecule has 0 fully saturated rings. The van der Waals surface area contributed by atoms with Crippen LogP contribution in [0.25, 0.3) is 0 Å². The first kappa shape index (κ1) is 14.4. The highest BCUT2D eigenvalue weighted by molar-refractivity contribution is 5.38. The van der Waals surface area contributed by atoms with Crippen molar-refractivity contribution >= 4 is 0 Å². The van der Waals surface area contributed by atoms with Crippen molar-refractivity contribution in [3.05, 3.63) is 29.3 Å². The lowest BCUT2D eigenvalue weighted by Gasteiger charge is -2.20. The lowest BCUT2D eigenvalue weighted by molar-refractivity contribution is 0.0562. The maximum absolute atomic E-state index is 9.78. The van der Waals surface area contributed by atoms with Crippen molar-refractivity contribution < 1.29 is 9.84 Å². The van der Waals surface area contributed by atoms with Crippen LogP contribution in [0.15, 0.2) is 18.2 Å². The van der Waals surface area contributed by atoms with Gasteiger partial charge in [0.2, 0.25) is 0 Å². The lowest BCUT2D eigenvalue weighted by Crippen LogP contribution is -2.33. The first-order valence-electron chi connectivity index (χ1n) is 7.28. The monoisotopic (exact) mass is 263 g/mol. The predicted octanol–water partition coefficient (Wildman–Crippen LogP) is 2.43. The Kier molecular flexibility index (Phi) is 4.83. The van der Waals surface area contributed by atoms with E-state index in [2.05, 4.69) is 18.2 Å². The number of nitrogens with two attached hydrogens (primary N) is 1. The number of fused-ring (bicyclic) bond motifs is 1. The van der Waals surface area contributed by atoms with Crippen LogP contribution in [0.5, 0.6) is 5.75 Å². The molecule has 19 heavy (non-hydrogen) atoms. The van der Waals surface area contributed by atoms with Gasteiger partial charge >= 0.3 is 0 Å². The summed E-state index contributed by atoms with van der Waals surface area (Å²) in [7, 11) is 0. The SMILES string of the molecule is CC(O)(CN)CCCCOc1ccc2c(c1)CCC2. The number of aliphatic hydroxyl groups is 1. The Bertz CT molecular complexity index is 415. The molecule has 0 saturated heterocycles. The third-order valence-electron chi connectivity index (χ3n) is 3.89. The molecule has 1 aromatic carbocycles. The van der Waals surface area contributed by atoms with Crippen LogP contribution in [0, 0.1) is 0 Å². The van der Waals surface area contributed by atoms with Crippen LogP contribution >= 0.6 is 0 Å². The summed E-state index contributed by atoms with van der Waals surface area (Å²) in [6, 6.07) is 6.44. The molecule has 0 aromatic heterocycles. The Morgan fingerprint density at radius 3 is 2.84 bits per heavy atom. The minimum Gasteiger partial charge on any atom is -0.494 e. The Morgan fingerprint density at radius 1 is 1.26 bits per heavy atom. The average molecular weight is 263 g/mol. The standard InChI is InChI=1S/C16H25NO2/c1-16(18,12-17)9-2-3-10-19-15-8-7-13-5-4-6-14(13)11-15/h7-8,11,18H,2-6,9-10,12,17H2,1H3. The van der Waals surface area contributed by atoms with Crippen molar-refractivity contribution in [2.24, 2.45) is 5.73 Å². The highest BCUT2D eigenvalue weighted by atomic mass is 16.5. The second-order valence-electron chi connectivity index (χ2n) is 5.79. The minimum absolute atomic E-state index is 0.318. The molecule has 0 saturated carbocycles. The molecule has 106 valence electrons. The van der Waals surface area contributed by atoms with E-state index in [9.17, 15) is 5.11 Å². The molecular formula is C16H25NO2. The molecular weight excluding hydrogens is 238 g/mol. The van der Waals surface area contributed by atoms with Gasteiger partial charge in [-0.3, -0.25) is 0 Å². The van der Waals surface area contributed by atoms with E-state index >= 15 is 0 Å². The average Bonchev–Trinajstić information content (AvgIpc) is 2.85. The molecule has 1 aliphatic carbocycles. The van der Waals surface area contributed by atoms with Gasteiger partial charge in [0.05, 0.1) is 12.2 Å². The zero-order valence-electron chi connectivity index (χ0n) is 11.8. The number of aryl methyl sites for hydroxylation is 2. The number of ether oxygens (including phenoxy) is 1. The Hall–Kier alpha value is -1.06. The minimum atomic E-state index is -0.729. The van der Waals surface area contributed by atoms with Gasteiger partial charge in [0.25, 0.3) is 0 Å². The molecule has 1 aliphatic rings. The maximum atomic E-state index is 9.78. The third kappa shape index (κ3) is 4.22. The molecule has 1 aromatic rings. The van der Waals surface area contributed by atoms with Crippen molar-refractivity contribution in [3.8, 4) is 5.75 Å². The fourth-order valence-electron chi connectivity index (χ4n) is 2.54. The normalized spacial score (nSPS) is 17.0. The van der Waals surface area contributed by atoms with Gasteiger partial charge in [-0.25, -0.2) is 0 Å². The second kappa shape index (κ2) is 6.40. The number of benzene rings is 1. The molecule has 3 heteroatoms. The predicted molar refractivity (Wildman–Crippen MR) is 77.5 cm³/mol. The van der Waals surface area contributed by atoms with E-state index in [4.69, 9.17) is 10.5 Å². The highest BCUT2D eigenvalue weighted by Crippen LogP contribution is 2.26. The molecule has 0 amide bonds. The summed E-state index contributed by atoms with van der Waals surface area (Å²) in [5, 5.41) is 9.78. The Labute approximate surface area is 115 Å². The van der Waals surface area contributed by atoms with E-state index in [0.29, 0.717) is 13.2 Å². The van der Waals surface area contributed by atoms with Crippen molar-refractivity contribution in [1.29, 1.82) is 0 Å². The van der Waals surface area contributed by atoms with Crippen LogP contribution in [-0.2, 0) is 12.8 Å². The molecule has 3 N–H and O–H groups in total. The molecule has 0 bridgehead atoms. The van der Waals surface area contributed by atoms with E-state index in [1.54, 1.807) is 6.92 Å². The molecule has 1 atom stereocenters. The van der Waals surface area contributed by atoms with Crippen molar-refractivity contribution in [1.82, 2.24) is 0 Å². The van der Waals surface area contributed by atoms with Crippen molar-refractivity contribution in [3.63, 3.8) is 0 Å². The van der Waals surface area contributed by atoms with Gasteiger partial charge in [0.1, 0.15) is 5.75 Å². The number of hydrogen-bond acceptors (Lipinski definition) is 3. The zero-order chi connectivity index (χ0) is 13.7. The zero-order valence-corrected chi connectivity index (χ0v) is 11.8. The first-order valence-corrected chi connectivity index (χ1v) is 7.28. The highest BCUT2D eigenvalue weighted by Gasteiger charge is 2.16. The number of unbranched alkanes of at least 4 members (excludes halogenated alkanes) is 1. The van der Waals surface area contributed by atoms with Crippen LogP contribution < -0.4 is 10.5 Å². The second-order valence-corrected chi connectivity index (χ2v) is 5.79. The smallest absolute Gasteiger partial charge is 0.119 e. The number of hydrogen-bond donors (Lipinski definition) is 2. The van der Waals surface area contributed by atoms with Crippen LogP contribution in [0.3, 0.4) is 0 Å². The Morgan fingerprint density at radius 2 is 2.05 bits per heavy atom. The van der Waals surface area contributed by atoms with Gasteiger partial charge in [-0.15, -0.1) is 0 Å². The quantitative estimate of drug-likeness (QED) is 0.743. The fourth-order valence-corrected chi connectivity index (χ4v) is 2.54. The molecule has 0 aliphatic heterocycles. The summed E-state index contributed by atoms with van der Waals surface area (Å²) in [5.41, 5.74) is 7.68. The molecule has 0 spiro atoms. The van der Waals surface area contributed by atoms with E-state index < -0.39 is 5.60 Å². The van der Waals surface area contributed by atoms with Crippen LogP contribution in [0.1, 0.15) is 43.7 Å². The molecule has 1 unspecified atom stereocenters. The third-order valence-corrected chi connectivity index (χ3v) is 3.89. The van der Waals surface area contributed by atoms with E-state index in [1.165, 1.54) is 30.4 Å². The topological polar surface area (TPSA) is 55.5 Å². The van der Waals surface area contributed by atoms with E-state index in [1.807, 2.05) is 0 Å². The summed E-state index contributed by atoms with van der Waals surface area (Å²) in [6.45, 7) is 2.81. The fraction of sp³-hybridized carbons (Fsp3) is 0.625. The molecule has 3 nitrogen and oxygen atoms in total. The lowest BCUT2D eigenvalue weighted by atomic mass is 10.00. The van der Waals surface area contributed by atoms with Crippen LogP contribution in [-0.4, -0.2) is 23.9 Å². The van der Waals surface area contributed by atoms with Crippen LogP contribution in [0.4, 0.5) is 0 Å². The van der Waals surface area contributed by atoms with Gasteiger partial charge in [0, 0.05) is 6.54 Å². The summed E-state index contributed by atoms with van der Waals surface area (Å²) < 4.78 is 5.77. The van der Waals surface area contributed by atoms with Crippen LogP contribution in [0.2, 0.25) is 0 Å². The van der Waals surface area contributed by atoms with Crippen molar-refractivity contribution in [2.45, 2.75) is 51.0 Å². The van der Waals surface area contributed by atoms with Gasteiger partial charge in [0.15, 0.2) is 0 Å². The van der Waals surface area contributed by atoms with E-state index in [0.717, 1.165) is 25.0 Å². The number of rotatable bonds is 7. The van der Waals surface area contributed by atoms with Gasteiger partial charge < -0.3 is 15.6 Å². The molecule has 2 rings (SSSR count). The van der Waals surface area contributed by atoms with Crippen molar-refractivity contribution in [2.75, 3.05) is 13.2 Å². The molecule has 0 heterocycles. The summed E-state index contributed by atoms with van der Waals surface area (Å²) in [5.74, 6) is 0.978. The van der Waals surface area contributed by atoms with Gasteiger partial charge in [-0.1, -0.05) is 6.07 Å². The molecule has 0 radical (unpaired) electrons. The summed E-state index contributed by atoms with van der Waals surface area (Å²) in [4.78, 5) is 0. The van der Waals surface area contributed by atoms with E-state index in [-0.39, 0.29) is 0 Å². The Balaban J connectivity index is 1.69. The maximum Gasteiger partial charge on any atom is 0.119 e. The first-order chi connectivity index (χ1) is 9.11. The largest absolute Gasteiger partial charge is 0.494 e.